The number of benzene rings is 3. The minimum Gasteiger partial charge on any atom is -0.341 e. The lowest BCUT2D eigenvalue weighted by atomic mass is 10.1. The molecule has 0 unspecified atom stereocenters. The number of imidazole rings is 1. The van der Waals surface area contributed by atoms with Crippen molar-refractivity contribution < 1.29 is 0 Å². The molecule has 3 nitrogen and oxygen atoms in total. The van der Waals surface area contributed by atoms with Gasteiger partial charge in [-0.15, -0.1) is 0 Å². The summed E-state index contributed by atoms with van der Waals surface area (Å²) >= 11 is 0. The zero-order chi connectivity index (χ0) is 18.9. The summed E-state index contributed by atoms with van der Waals surface area (Å²) in [6.07, 6.45) is 9.90. The number of hydrogen-bond acceptors (Lipinski definition) is 1. The molecule has 28 heavy (non-hydrogen) atoms. The summed E-state index contributed by atoms with van der Waals surface area (Å²) in [6, 6.07) is 23.9. The number of fused-ring (bicyclic) bond motifs is 3. The van der Waals surface area contributed by atoms with Crippen LogP contribution in [0.2, 0.25) is 0 Å². The van der Waals surface area contributed by atoms with E-state index in [0.29, 0.717) is 0 Å². The molecule has 0 aliphatic heterocycles. The predicted octanol–water partition coefficient (Wildman–Crippen LogP) is 6.17. The van der Waals surface area contributed by atoms with Gasteiger partial charge in [0.1, 0.15) is 0 Å². The molecule has 5 aromatic rings. The second-order valence-electron chi connectivity index (χ2n) is 6.93. The minimum absolute atomic E-state index is 0.975. The maximum absolute atomic E-state index is 4.10. The fourth-order valence-corrected chi connectivity index (χ4v) is 3.88. The summed E-state index contributed by atoms with van der Waals surface area (Å²) in [5.74, 6) is 0. The third-order valence-electron chi connectivity index (χ3n) is 5.28. The van der Waals surface area contributed by atoms with Crippen molar-refractivity contribution in [2.45, 2.75) is 13.5 Å². The lowest BCUT2D eigenvalue weighted by Crippen LogP contribution is -1.92. The number of para-hydroxylation sites is 1. The highest BCUT2D eigenvalue weighted by molar-refractivity contribution is 6.08. The third kappa shape index (κ3) is 2.81. The molecule has 0 aliphatic rings. The molecule has 136 valence electrons. The maximum Gasteiger partial charge on any atom is 0.0991 e. The molecular weight excluding hydrogens is 342 g/mol. The van der Waals surface area contributed by atoms with Crippen molar-refractivity contribution in [1.29, 1.82) is 0 Å². The van der Waals surface area contributed by atoms with Gasteiger partial charge < -0.3 is 9.13 Å². The Morgan fingerprint density at radius 2 is 1.57 bits per heavy atom. The van der Waals surface area contributed by atoms with Crippen LogP contribution in [0, 0.1) is 0 Å². The molecule has 2 aromatic heterocycles. The molecule has 0 saturated carbocycles. The smallest absolute Gasteiger partial charge is 0.0991 e. The minimum atomic E-state index is 0.975. The van der Waals surface area contributed by atoms with Gasteiger partial charge in [-0.3, -0.25) is 0 Å². The normalized spacial score (nSPS) is 11.8. The number of hydrogen-bond donors (Lipinski definition) is 0. The highest BCUT2D eigenvalue weighted by Gasteiger charge is 2.08. The first-order valence-electron chi connectivity index (χ1n) is 9.61. The van der Waals surface area contributed by atoms with Crippen LogP contribution in [0.5, 0.6) is 0 Å². The summed E-state index contributed by atoms with van der Waals surface area (Å²) in [6.45, 7) is 3.18. The van der Waals surface area contributed by atoms with E-state index < -0.39 is 0 Å². The van der Waals surface area contributed by atoms with E-state index in [-0.39, 0.29) is 0 Å². The molecular formula is C25H21N3. The van der Waals surface area contributed by atoms with E-state index >= 15 is 0 Å². The van der Waals surface area contributed by atoms with Gasteiger partial charge in [0.2, 0.25) is 0 Å². The van der Waals surface area contributed by atoms with Crippen molar-refractivity contribution >= 4 is 34.0 Å². The van der Waals surface area contributed by atoms with Crippen molar-refractivity contribution in [2.24, 2.45) is 0 Å². The van der Waals surface area contributed by atoms with Crippen LogP contribution >= 0.6 is 0 Å². The van der Waals surface area contributed by atoms with E-state index in [4.69, 9.17) is 0 Å². The molecule has 3 heteroatoms. The van der Waals surface area contributed by atoms with Gasteiger partial charge in [0, 0.05) is 46.4 Å². The molecule has 0 aliphatic carbocycles. The van der Waals surface area contributed by atoms with Crippen molar-refractivity contribution in [2.75, 3.05) is 0 Å². The molecule has 3 aromatic carbocycles. The van der Waals surface area contributed by atoms with Crippen LogP contribution in [-0.4, -0.2) is 14.1 Å². The molecule has 0 amide bonds. The van der Waals surface area contributed by atoms with Gasteiger partial charge in [-0.25, -0.2) is 4.98 Å². The zero-order valence-corrected chi connectivity index (χ0v) is 15.8. The van der Waals surface area contributed by atoms with E-state index in [2.05, 4.69) is 95.4 Å². The first-order valence-corrected chi connectivity index (χ1v) is 9.61. The Bertz CT molecular complexity index is 1270. The van der Waals surface area contributed by atoms with E-state index in [1.165, 1.54) is 32.9 Å². The fraction of sp³-hybridized carbons (Fsp3) is 0.0800. The SMILES string of the molecule is CCn1c2ccccc2c2cc(C=Cc3ccc(-n4ccnc4)cc3)ccc21. The topological polar surface area (TPSA) is 22.8 Å². The lowest BCUT2D eigenvalue weighted by molar-refractivity contribution is 0.827. The molecule has 5 rings (SSSR count). The van der Waals surface area contributed by atoms with Gasteiger partial charge >= 0.3 is 0 Å². The van der Waals surface area contributed by atoms with Crippen molar-refractivity contribution in [3.8, 4) is 5.69 Å². The van der Waals surface area contributed by atoms with E-state index in [1.54, 1.807) is 6.20 Å². The van der Waals surface area contributed by atoms with Crippen molar-refractivity contribution in [3.05, 3.63) is 96.6 Å². The Hall–Kier alpha value is -3.59. The van der Waals surface area contributed by atoms with Crippen LogP contribution in [-0.2, 0) is 6.54 Å². The van der Waals surface area contributed by atoms with Gasteiger partial charge in [0.05, 0.1) is 6.33 Å². The van der Waals surface area contributed by atoms with Gasteiger partial charge in [-0.2, -0.15) is 0 Å². The highest BCUT2D eigenvalue weighted by Crippen LogP contribution is 2.30. The van der Waals surface area contributed by atoms with Crippen molar-refractivity contribution in [3.63, 3.8) is 0 Å². The summed E-state index contributed by atoms with van der Waals surface area (Å²) < 4.78 is 4.39. The molecule has 0 saturated heterocycles. The number of aromatic nitrogens is 3. The zero-order valence-electron chi connectivity index (χ0n) is 15.8. The van der Waals surface area contributed by atoms with Gasteiger partial charge in [0.25, 0.3) is 0 Å². The third-order valence-corrected chi connectivity index (χ3v) is 5.28. The predicted molar refractivity (Wildman–Crippen MR) is 118 cm³/mol. The molecule has 0 radical (unpaired) electrons. The van der Waals surface area contributed by atoms with Crippen LogP contribution in [0.25, 0.3) is 39.6 Å². The Balaban J connectivity index is 1.49. The van der Waals surface area contributed by atoms with Crippen LogP contribution in [0.4, 0.5) is 0 Å². The number of rotatable bonds is 4. The quantitative estimate of drug-likeness (QED) is 0.350. The molecule has 0 N–H and O–H groups in total. The van der Waals surface area contributed by atoms with Gasteiger partial charge in [-0.05, 0) is 48.4 Å². The fourth-order valence-electron chi connectivity index (χ4n) is 3.88. The molecule has 0 spiro atoms. The Labute approximate surface area is 164 Å². The largest absolute Gasteiger partial charge is 0.341 e. The summed E-state index contributed by atoms with van der Waals surface area (Å²) in [7, 11) is 0. The average Bonchev–Trinajstić information content (AvgIpc) is 3.39. The van der Waals surface area contributed by atoms with E-state index in [9.17, 15) is 0 Å². The Morgan fingerprint density at radius 3 is 2.36 bits per heavy atom. The van der Waals surface area contributed by atoms with Crippen LogP contribution < -0.4 is 0 Å². The first-order chi connectivity index (χ1) is 13.8. The maximum atomic E-state index is 4.10. The average molecular weight is 363 g/mol. The van der Waals surface area contributed by atoms with Crippen LogP contribution in [0.3, 0.4) is 0 Å². The lowest BCUT2D eigenvalue weighted by Gasteiger charge is -2.03. The van der Waals surface area contributed by atoms with E-state index in [0.717, 1.165) is 12.2 Å². The first kappa shape index (κ1) is 16.6. The van der Waals surface area contributed by atoms with Gasteiger partial charge in [0.15, 0.2) is 0 Å². The molecule has 0 atom stereocenters. The van der Waals surface area contributed by atoms with E-state index in [1.807, 2.05) is 17.1 Å². The molecule has 0 bridgehead atoms. The summed E-state index contributed by atoms with van der Waals surface area (Å²) in [5.41, 5.74) is 6.11. The monoisotopic (exact) mass is 363 g/mol. The summed E-state index contributed by atoms with van der Waals surface area (Å²) in [5, 5.41) is 2.63. The Kier molecular flexibility index (Phi) is 4.06. The van der Waals surface area contributed by atoms with Crippen molar-refractivity contribution in [1.82, 2.24) is 14.1 Å². The Morgan fingerprint density at radius 1 is 0.821 bits per heavy atom. The number of aryl methyl sites for hydroxylation is 1. The van der Waals surface area contributed by atoms with Crippen LogP contribution in [0.15, 0.2) is 85.5 Å². The van der Waals surface area contributed by atoms with Crippen LogP contribution in [0.1, 0.15) is 18.1 Å². The standard InChI is InChI=1S/C25H21N3/c1-2-28-24-6-4-3-5-22(24)23-17-20(11-14-25(23)28)8-7-19-9-12-21(13-10-19)27-16-15-26-18-27/h3-18H,2H2,1H3. The van der Waals surface area contributed by atoms with Gasteiger partial charge in [-0.1, -0.05) is 48.6 Å². The second kappa shape index (κ2) is 6.86. The highest BCUT2D eigenvalue weighted by atomic mass is 15.0. The second-order valence-corrected chi connectivity index (χ2v) is 6.93. The molecule has 0 fully saturated rings. The summed E-state index contributed by atoms with van der Waals surface area (Å²) in [4.78, 5) is 4.10. The molecule has 2 heterocycles. The number of nitrogens with zero attached hydrogens (tertiary/aromatic N) is 3.